The lowest BCUT2D eigenvalue weighted by Crippen LogP contribution is -2.39. The van der Waals surface area contributed by atoms with E-state index < -0.39 is 0 Å². The summed E-state index contributed by atoms with van der Waals surface area (Å²) in [6, 6.07) is 3.64. The standard InChI is InChI=1S/C14H17ClN4OS/c15-12-3-2-11(21-12)8-18-14(20)17-7-10-1-4-13-16-5-6-19(13)9-10/h2-3,5-6,10H,1,4,7-9H2,(H2,17,18,20)/t10-/m0/s1. The first-order chi connectivity index (χ1) is 10.2. The highest BCUT2D eigenvalue weighted by atomic mass is 35.5. The van der Waals surface area contributed by atoms with Gasteiger partial charge in [-0.05, 0) is 24.5 Å². The summed E-state index contributed by atoms with van der Waals surface area (Å²) in [5.74, 6) is 1.61. The van der Waals surface area contributed by atoms with Crippen LogP contribution in [0.3, 0.4) is 0 Å². The van der Waals surface area contributed by atoms with Crippen LogP contribution < -0.4 is 10.6 Å². The molecular formula is C14H17ClN4OS. The predicted molar refractivity (Wildman–Crippen MR) is 83.6 cm³/mol. The van der Waals surface area contributed by atoms with E-state index in [1.165, 1.54) is 11.3 Å². The van der Waals surface area contributed by atoms with Crippen LogP contribution in [0.5, 0.6) is 0 Å². The van der Waals surface area contributed by atoms with Crippen LogP contribution in [0, 0.1) is 5.92 Å². The molecule has 3 rings (SSSR count). The Hall–Kier alpha value is -1.53. The molecule has 2 aromatic rings. The van der Waals surface area contributed by atoms with Gasteiger partial charge < -0.3 is 15.2 Å². The van der Waals surface area contributed by atoms with E-state index >= 15 is 0 Å². The number of hydrogen-bond donors (Lipinski definition) is 2. The summed E-state index contributed by atoms with van der Waals surface area (Å²) >= 11 is 7.33. The van der Waals surface area contributed by atoms with E-state index in [0.29, 0.717) is 19.0 Å². The van der Waals surface area contributed by atoms with Gasteiger partial charge in [-0.2, -0.15) is 0 Å². The van der Waals surface area contributed by atoms with Gasteiger partial charge in [0, 0.05) is 36.8 Å². The van der Waals surface area contributed by atoms with Crippen molar-refractivity contribution in [3.63, 3.8) is 0 Å². The second-order valence-corrected chi connectivity index (χ2v) is 6.97. The van der Waals surface area contributed by atoms with Crippen molar-refractivity contribution in [1.82, 2.24) is 20.2 Å². The fraction of sp³-hybridized carbons (Fsp3) is 0.429. The third-order valence-electron chi connectivity index (χ3n) is 3.64. The largest absolute Gasteiger partial charge is 0.338 e. The van der Waals surface area contributed by atoms with Gasteiger partial charge in [-0.1, -0.05) is 11.6 Å². The van der Waals surface area contributed by atoms with E-state index in [0.717, 1.165) is 34.4 Å². The number of imidazole rings is 1. The fourth-order valence-electron chi connectivity index (χ4n) is 2.52. The van der Waals surface area contributed by atoms with Crippen molar-refractivity contribution < 1.29 is 4.79 Å². The molecule has 5 nitrogen and oxygen atoms in total. The van der Waals surface area contributed by atoms with E-state index in [4.69, 9.17) is 11.6 Å². The minimum absolute atomic E-state index is 0.129. The number of amides is 2. The lowest BCUT2D eigenvalue weighted by Gasteiger charge is -2.23. The molecular weight excluding hydrogens is 308 g/mol. The van der Waals surface area contributed by atoms with Crippen LogP contribution in [0.25, 0.3) is 0 Å². The second-order valence-electron chi connectivity index (χ2n) is 5.17. The molecule has 0 aliphatic carbocycles. The highest BCUT2D eigenvalue weighted by Crippen LogP contribution is 2.21. The van der Waals surface area contributed by atoms with E-state index in [9.17, 15) is 4.79 Å². The number of aryl methyl sites for hydroxylation is 1. The first kappa shape index (κ1) is 14.4. The predicted octanol–water partition coefficient (Wildman–Crippen LogP) is 2.66. The van der Waals surface area contributed by atoms with E-state index in [-0.39, 0.29) is 6.03 Å². The number of rotatable bonds is 4. The molecule has 21 heavy (non-hydrogen) atoms. The first-order valence-electron chi connectivity index (χ1n) is 6.96. The van der Waals surface area contributed by atoms with Crippen LogP contribution in [0.2, 0.25) is 4.34 Å². The van der Waals surface area contributed by atoms with Crippen molar-refractivity contribution in [1.29, 1.82) is 0 Å². The molecule has 0 aromatic carbocycles. The Kier molecular flexibility index (Phi) is 4.45. The van der Waals surface area contributed by atoms with Gasteiger partial charge in [-0.25, -0.2) is 9.78 Å². The SMILES string of the molecule is O=C(NCc1ccc(Cl)s1)NC[C@@H]1CCc2nccn2C1. The molecule has 0 radical (unpaired) electrons. The molecule has 2 aromatic heterocycles. The summed E-state index contributed by atoms with van der Waals surface area (Å²) in [4.78, 5) is 17.1. The van der Waals surface area contributed by atoms with Crippen LogP contribution in [0.1, 0.15) is 17.1 Å². The van der Waals surface area contributed by atoms with E-state index in [1.807, 2.05) is 24.5 Å². The summed E-state index contributed by atoms with van der Waals surface area (Å²) < 4.78 is 2.91. The van der Waals surface area contributed by atoms with Crippen LogP contribution >= 0.6 is 22.9 Å². The van der Waals surface area contributed by atoms with E-state index in [1.54, 1.807) is 0 Å². The molecule has 112 valence electrons. The van der Waals surface area contributed by atoms with Gasteiger partial charge in [0.15, 0.2) is 0 Å². The Balaban J connectivity index is 1.40. The Morgan fingerprint density at radius 1 is 1.48 bits per heavy atom. The first-order valence-corrected chi connectivity index (χ1v) is 8.16. The van der Waals surface area contributed by atoms with Crippen LogP contribution in [-0.4, -0.2) is 22.1 Å². The number of carbonyl (C=O) groups is 1. The number of hydrogen-bond acceptors (Lipinski definition) is 3. The number of nitrogens with zero attached hydrogens (tertiary/aromatic N) is 2. The molecule has 0 saturated heterocycles. The Bertz CT molecular complexity index is 624. The van der Waals surface area contributed by atoms with E-state index in [2.05, 4.69) is 20.2 Å². The van der Waals surface area contributed by atoms with Crippen molar-refractivity contribution in [2.24, 2.45) is 5.92 Å². The fourth-order valence-corrected chi connectivity index (χ4v) is 3.54. The number of nitrogens with one attached hydrogen (secondary N) is 2. The zero-order valence-electron chi connectivity index (χ0n) is 11.5. The summed E-state index contributed by atoms with van der Waals surface area (Å²) in [7, 11) is 0. The smallest absolute Gasteiger partial charge is 0.315 e. The molecule has 0 spiro atoms. The number of carbonyl (C=O) groups excluding carboxylic acids is 1. The molecule has 0 fully saturated rings. The molecule has 1 aliphatic heterocycles. The van der Waals surface area contributed by atoms with Crippen molar-refractivity contribution in [3.8, 4) is 0 Å². The zero-order valence-corrected chi connectivity index (χ0v) is 13.1. The van der Waals surface area contributed by atoms with Gasteiger partial charge in [0.1, 0.15) is 5.82 Å². The average molecular weight is 325 g/mol. The van der Waals surface area contributed by atoms with Crippen molar-refractivity contribution in [3.05, 3.63) is 39.6 Å². The molecule has 0 bridgehead atoms. The molecule has 2 amide bonds. The lowest BCUT2D eigenvalue weighted by molar-refractivity contribution is 0.236. The number of aromatic nitrogens is 2. The Labute approximate surface area is 132 Å². The minimum Gasteiger partial charge on any atom is -0.338 e. The number of urea groups is 1. The summed E-state index contributed by atoms with van der Waals surface area (Å²) in [5, 5.41) is 5.79. The Morgan fingerprint density at radius 2 is 2.38 bits per heavy atom. The van der Waals surface area contributed by atoms with Crippen LogP contribution in [0.4, 0.5) is 4.79 Å². The quantitative estimate of drug-likeness (QED) is 0.908. The number of thiophene rings is 1. The maximum atomic E-state index is 11.8. The molecule has 0 unspecified atom stereocenters. The summed E-state index contributed by atoms with van der Waals surface area (Å²) in [6.07, 6.45) is 5.89. The Morgan fingerprint density at radius 3 is 3.19 bits per heavy atom. The third-order valence-corrected chi connectivity index (χ3v) is 4.87. The van der Waals surface area contributed by atoms with Crippen LogP contribution in [0.15, 0.2) is 24.5 Å². The maximum absolute atomic E-state index is 11.8. The highest BCUT2D eigenvalue weighted by molar-refractivity contribution is 7.16. The van der Waals surface area contributed by atoms with Crippen molar-refractivity contribution in [2.75, 3.05) is 6.54 Å². The summed E-state index contributed by atoms with van der Waals surface area (Å²) in [5.41, 5.74) is 0. The molecule has 2 N–H and O–H groups in total. The van der Waals surface area contributed by atoms with Gasteiger partial charge in [0.05, 0.1) is 10.9 Å². The average Bonchev–Trinajstić information content (AvgIpc) is 3.10. The highest BCUT2D eigenvalue weighted by Gasteiger charge is 2.19. The number of halogens is 1. The number of fused-ring (bicyclic) bond motifs is 1. The summed E-state index contributed by atoms with van der Waals surface area (Å²) in [6.45, 7) is 2.13. The maximum Gasteiger partial charge on any atom is 0.315 e. The van der Waals surface area contributed by atoms with Crippen molar-refractivity contribution >= 4 is 29.0 Å². The molecule has 0 saturated carbocycles. The zero-order chi connectivity index (χ0) is 14.7. The van der Waals surface area contributed by atoms with Crippen molar-refractivity contribution in [2.45, 2.75) is 25.9 Å². The second kappa shape index (κ2) is 6.49. The van der Waals surface area contributed by atoms with Gasteiger partial charge in [0.25, 0.3) is 0 Å². The third kappa shape index (κ3) is 3.77. The molecule has 7 heteroatoms. The molecule has 1 aliphatic rings. The molecule has 1 atom stereocenters. The molecule has 3 heterocycles. The van der Waals surface area contributed by atoms with Crippen LogP contribution in [-0.2, 0) is 19.5 Å². The van der Waals surface area contributed by atoms with Gasteiger partial charge in [-0.3, -0.25) is 0 Å². The minimum atomic E-state index is -0.129. The topological polar surface area (TPSA) is 59.0 Å². The normalized spacial score (nSPS) is 17.3. The van der Waals surface area contributed by atoms with Gasteiger partial charge >= 0.3 is 6.03 Å². The van der Waals surface area contributed by atoms with Gasteiger partial charge in [-0.15, -0.1) is 11.3 Å². The monoisotopic (exact) mass is 324 g/mol. The van der Waals surface area contributed by atoms with Gasteiger partial charge in [0.2, 0.25) is 0 Å². The lowest BCUT2D eigenvalue weighted by atomic mass is 9.99.